The van der Waals surface area contributed by atoms with Crippen LogP contribution in [0.3, 0.4) is 0 Å². The van der Waals surface area contributed by atoms with Crippen molar-refractivity contribution in [1.82, 2.24) is 0 Å². The first-order valence-corrected chi connectivity index (χ1v) is 8.49. The molecule has 24 heavy (non-hydrogen) atoms. The molecule has 2 aromatic carbocycles. The van der Waals surface area contributed by atoms with E-state index in [1.54, 1.807) is 6.92 Å². The molecule has 0 aliphatic rings. The van der Waals surface area contributed by atoms with Gasteiger partial charge >= 0.3 is 5.97 Å². The molecular formula is C18H19N3O2S. The standard InChI is InChI=1S/C18H19N3O2S/c1-2-23-16(22)13-24-18(20-15-11-7-4-8-12-15)21-17(19)14-9-5-3-6-10-14/h3-12H,2,13H2,1H3,(H2,19,20,21). The van der Waals surface area contributed by atoms with Crippen LogP contribution >= 0.6 is 11.8 Å². The van der Waals surface area contributed by atoms with Crippen LogP contribution in [0.5, 0.6) is 0 Å². The largest absolute Gasteiger partial charge is 0.465 e. The third-order valence-corrected chi connectivity index (χ3v) is 3.71. The Hall–Kier alpha value is -2.60. The van der Waals surface area contributed by atoms with Gasteiger partial charge in [-0.1, -0.05) is 60.3 Å². The molecule has 0 radical (unpaired) electrons. The molecule has 0 amide bonds. The molecule has 124 valence electrons. The highest BCUT2D eigenvalue weighted by molar-refractivity contribution is 8.14. The highest BCUT2D eigenvalue weighted by Crippen LogP contribution is 2.16. The number of nitrogens with zero attached hydrogens (tertiary/aromatic N) is 2. The molecule has 0 aromatic heterocycles. The van der Waals surface area contributed by atoms with Crippen molar-refractivity contribution in [3.05, 3.63) is 66.2 Å². The number of carbonyl (C=O) groups excluding carboxylic acids is 1. The van der Waals surface area contributed by atoms with E-state index in [2.05, 4.69) is 9.98 Å². The number of aliphatic imine (C=N–C) groups is 2. The fourth-order valence-corrected chi connectivity index (χ4v) is 2.47. The van der Waals surface area contributed by atoms with E-state index in [0.717, 1.165) is 11.3 Å². The van der Waals surface area contributed by atoms with Gasteiger partial charge in [-0.3, -0.25) is 4.79 Å². The summed E-state index contributed by atoms with van der Waals surface area (Å²) in [6, 6.07) is 18.8. The summed E-state index contributed by atoms with van der Waals surface area (Å²) in [4.78, 5) is 20.4. The van der Waals surface area contributed by atoms with Crippen molar-refractivity contribution in [3.8, 4) is 0 Å². The van der Waals surface area contributed by atoms with Crippen molar-refractivity contribution in [2.45, 2.75) is 6.92 Å². The van der Waals surface area contributed by atoms with Crippen LogP contribution < -0.4 is 5.73 Å². The maximum absolute atomic E-state index is 11.6. The lowest BCUT2D eigenvalue weighted by Gasteiger charge is -2.05. The summed E-state index contributed by atoms with van der Waals surface area (Å²) < 4.78 is 4.94. The number of esters is 1. The molecule has 6 heteroatoms. The van der Waals surface area contributed by atoms with Crippen molar-refractivity contribution in [2.24, 2.45) is 15.7 Å². The molecule has 0 saturated heterocycles. The van der Waals surface area contributed by atoms with Gasteiger partial charge in [0.15, 0.2) is 5.17 Å². The van der Waals surface area contributed by atoms with Gasteiger partial charge in [-0.2, -0.15) is 0 Å². The average molecular weight is 341 g/mol. The average Bonchev–Trinajstić information content (AvgIpc) is 2.61. The molecule has 0 aliphatic carbocycles. The van der Waals surface area contributed by atoms with E-state index in [1.807, 2.05) is 60.7 Å². The summed E-state index contributed by atoms with van der Waals surface area (Å²) in [7, 11) is 0. The van der Waals surface area contributed by atoms with Gasteiger partial charge < -0.3 is 10.5 Å². The highest BCUT2D eigenvalue weighted by atomic mass is 32.2. The van der Waals surface area contributed by atoms with Crippen molar-refractivity contribution < 1.29 is 9.53 Å². The van der Waals surface area contributed by atoms with Crippen LogP contribution in [-0.4, -0.2) is 29.3 Å². The maximum atomic E-state index is 11.6. The number of para-hydroxylation sites is 1. The van der Waals surface area contributed by atoms with Gasteiger partial charge in [-0.25, -0.2) is 9.98 Å². The van der Waals surface area contributed by atoms with E-state index in [9.17, 15) is 4.79 Å². The van der Waals surface area contributed by atoms with Crippen LogP contribution in [0, 0.1) is 0 Å². The number of nitrogens with two attached hydrogens (primary N) is 1. The number of amidine groups is 2. The highest BCUT2D eigenvalue weighted by Gasteiger charge is 2.08. The van der Waals surface area contributed by atoms with Gasteiger partial charge in [0, 0.05) is 5.56 Å². The second kappa shape index (κ2) is 9.52. The molecule has 0 saturated carbocycles. The second-order valence-corrected chi connectivity index (χ2v) is 5.63. The number of carbonyl (C=O) groups is 1. The Morgan fingerprint density at radius 1 is 1.08 bits per heavy atom. The zero-order chi connectivity index (χ0) is 17.2. The van der Waals surface area contributed by atoms with E-state index in [1.165, 1.54) is 11.8 Å². The summed E-state index contributed by atoms with van der Waals surface area (Å²) >= 11 is 1.20. The molecule has 0 atom stereocenters. The first kappa shape index (κ1) is 17.7. The Balaban J connectivity index is 2.22. The SMILES string of the molecule is CCOC(=O)CSC(=Nc1ccccc1)/N=C(/N)c1ccccc1. The first-order chi connectivity index (χ1) is 11.7. The van der Waals surface area contributed by atoms with Crippen molar-refractivity contribution in [3.63, 3.8) is 0 Å². The monoisotopic (exact) mass is 341 g/mol. The summed E-state index contributed by atoms with van der Waals surface area (Å²) in [5.41, 5.74) is 7.60. The molecule has 2 aromatic rings. The predicted octanol–water partition coefficient (Wildman–Crippen LogP) is 3.38. The summed E-state index contributed by atoms with van der Waals surface area (Å²) in [5, 5.41) is 0.413. The third-order valence-electron chi connectivity index (χ3n) is 2.89. The summed E-state index contributed by atoms with van der Waals surface area (Å²) in [5.74, 6) is 0.170. The van der Waals surface area contributed by atoms with Crippen LogP contribution in [0.15, 0.2) is 70.6 Å². The van der Waals surface area contributed by atoms with Crippen molar-refractivity contribution in [1.29, 1.82) is 0 Å². The van der Waals surface area contributed by atoms with Crippen molar-refractivity contribution >= 4 is 34.4 Å². The van der Waals surface area contributed by atoms with Gasteiger partial charge in [0.25, 0.3) is 0 Å². The Kier molecular flexibility index (Phi) is 7.04. The number of hydrogen-bond donors (Lipinski definition) is 1. The van der Waals surface area contributed by atoms with Crippen molar-refractivity contribution in [2.75, 3.05) is 12.4 Å². The van der Waals surface area contributed by atoms with Crippen LogP contribution in [0.25, 0.3) is 0 Å². The van der Waals surface area contributed by atoms with Gasteiger partial charge in [0.05, 0.1) is 18.0 Å². The lowest BCUT2D eigenvalue weighted by Crippen LogP contribution is -2.15. The Morgan fingerprint density at radius 3 is 2.33 bits per heavy atom. The normalized spacial score (nSPS) is 12.0. The summed E-state index contributed by atoms with van der Waals surface area (Å²) in [6.07, 6.45) is 0. The molecular weight excluding hydrogens is 322 g/mol. The number of ether oxygens (including phenoxy) is 1. The lowest BCUT2D eigenvalue weighted by atomic mass is 10.2. The van der Waals surface area contributed by atoms with Gasteiger partial charge in [-0.15, -0.1) is 0 Å². The first-order valence-electron chi connectivity index (χ1n) is 7.50. The van der Waals surface area contributed by atoms with Crippen LogP contribution in [0.4, 0.5) is 5.69 Å². The number of rotatable bonds is 5. The van der Waals surface area contributed by atoms with E-state index in [-0.39, 0.29) is 11.7 Å². The fraction of sp³-hybridized carbons (Fsp3) is 0.167. The molecule has 5 nitrogen and oxygen atoms in total. The van der Waals surface area contributed by atoms with E-state index in [4.69, 9.17) is 10.5 Å². The number of benzene rings is 2. The van der Waals surface area contributed by atoms with Crippen LogP contribution in [0.2, 0.25) is 0 Å². The van der Waals surface area contributed by atoms with Gasteiger partial charge in [0.1, 0.15) is 5.84 Å². The van der Waals surface area contributed by atoms with E-state index in [0.29, 0.717) is 17.6 Å². The Bertz CT molecular complexity index is 716. The smallest absolute Gasteiger partial charge is 0.316 e. The topological polar surface area (TPSA) is 77.0 Å². The van der Waals surface area contributed by atoms with E-state index >= 15 is 0 Å². The molecule has 0 heterocycles. The fourth-order valence-electron chi connectivity index (χ4n) is 1.81. The maximum Gasteiger partial charge on any atom is 0.316 e. The molecule has 0 aliphatic heterocycles. The minimum Gasteiger partial charge on any atom is -0.465 e. The van der Waals surface area contributed by atoms with E-state index < -0.39 is 0 Å². The molecule has 0 spiro atoms. The minimum atomic E-state index is -0.309. The molecule has 0 bridgehead atoms. The number of thioether (sulfide) groups is 1. The van der Waals surface area contributed by atoms with Gasteiger partial charge in [-0.05, 0) is 19.1 Å². The zero-order valence-electron chi connectivity index (χ0n) is 13.4. The molecule has 2 N–H and O–H groups in total. The van der Waals surface area contributed by atoms with Crippen LogP contribution in [0.1, 0.15) is 12.5 Å². The minimum absolute atomic E-state index is 0.130. The van der Waals surface area contributed by atoms with Crippen LogP contribution in [-0.2, 0) is 9.53 Å². The predicted molar refractivity (Wildman–Crippen MR) is 99.8 cm³/mol. The molecule has 0 fully saturated rings. The lowest BCUT2D eigenvalue weighted by molar-refractivity contribution is -0.139. The quantitative estimate of drug-likeness (QED) is 0.514. The number of hydrogen-bond acceptors (Lipinski definition) is 4. The Morgan fingerprint density at radius 2 is 1.71 bits per heavy atom. The summed E-state index contributed by atoms with van der Waals surface area (Å²) in [6.45, 7) is 2.12. The molecule has 2 rings (SSSR count). The van der Waals surface area contributed by atoms with Gasteiger partial charge in [0.2, 0.25) is 0 Å². The zero-order valence-corrected chi connectivity index (χ0v) is 14.2. The molecule has 0 unspecified atom stereocenters. The third kappa shape index (κ3) is 5.89. The Labute approximate surface area is 145 Å². The second-order valence-electron chi connectivity index (χ2n) is 4.69.